The number of hydrogen-bond acceptors (Lipinski definition) is 10. The fraction of sp³-hybridized carbons (Fsp3) is 0.602. The van der Waals surface area contributed by atoms with Gasteiger partial charge < -0.3 is 4.74 Å². The number of methoxy groups -OCH3 is 1. The van der Waals surface area contributed by atoms with E-state index in [0.717, 1.165) is 24.2 Å². The molecule has 0 amide bonds. The summed E-state index contributed by atoms with van der Waals surface area (Å²) < 4.78 is 4.76. The maximum absolute atomic E-state index is 11.4. The van der Waals surface area contributed by atoms with Gasteiger partial charge in [0.25, 0.3) is 0 Å². The molecule has 10 heteroatoms. The molecule has 0 fully saturated rings. The molecule has 0 spiro atoms. The molecular formula is C93H132O2S8. The summed E-state index contributed by atoms with van der Waals surface area (Å²) in [6.07, 6.45) is 57.1. The number of fused-ring (bicyclic) bond motifs is 12. The highest BCUT2D eigenvalue weighted by Crippen LogP contribution is 2.62. The molecule has 0 bridgehead atoms. The average Bonchev–Trinajstić information content (AvgIpc) is 1.59. The van der Waals surface area contributed by atoms with Crippen LogP contribution in [0.1, 0.15) is 357 Å². The van der Waals surface area contributed by atoms with Gasteiger partial charge in [0.1, 0.15) is 0 Å². The summed E-state index contributed by atoms with van der Waals surface area (Å²) in [5.74, 6) is 2.43. The van der Waals surface area contributed by atoms with Crippen LogP contribution in [0.25, 0.3) is 39.0 Å². The van der Waals surface area contributed by atoms with Crippen molar-refractivity contribution in [3.05, 3.63) is 161 Å². The lowest BCUT2D eigenvalue weighted by molar-refractivity contribution is -0.140. The Balaban J connectivity index is 0.000000161. The van der Waals surface area contributed by atoms with Crippen molar-refractivity contribution >= 4 is 96.7 Å². The molecule has 2 nitrogen and oxygen atoms in total. The normalized spacial score (nSPS) is 15.3. The van der Waals surface area contributed by atoms with Crippen molar-refractivity contribution in [2.45, 2.75) is 334 Å². The monoisotopic (exact) mass is 1540 g/mol. The van der Waals surface area contributed by atoms with E-state index in [2.05, 4.69) is 172 Å². The first-order valence-corrected chi connectivity index (χ1v) is 48.4. The molecule has 564 valence electrons. The van der Waals surface area contributed by atoms with Gasteiger partial charge in [-0.1, -0.05) is 247 Å². The minimum absolute atomic E-state index is 0.0289. The highest BCUT2D eigenvalue weighted by molar-refractivity contribution is 7.22. The topological polar surface area (TPSA) is 26.3 Å². The number of hydrogen-bond donors (Lipinski definition) is 0. The molecule has 0 saturated carbocycles. The molecule has 8 aromatic heterocycles. The van der Waals surface area contributed by atoms with E-state index in [-0.39, 0.29) is 16.8 Å². The smallest absolute Gasteiger partial charge is 0.305 e. The summed E-state index contributed by atoms with van der Waals surface area (Å²) in [5, 5.41) is 18.3. The van der Waals surface area contributed by atoms with Crippen LogP contribution >= 0.6 is 90.7 Å². The van der Waals surface area contributed by atoms with Crippen molar-refractivity contribution in [1.29, 1.82) is 0 Å². The third kappa shape index (κ3) is 20.3. The van der Waals surface area contributed by atoms with Crippen LogP contribution in [-0.2, 0) is 31.2 Å². The van der Waals surface area contributed by atoms with E-state index in [9.17, 15) is 4.79 Å². The van der Waals surface area contributed by atoms with Crippen molar-refractivity contribution in [2.24, 2.45) is 17.8 Å². The molecule has 0 aliphatic heterocycles. The average molecular weight is 1540 g/mol. The lowest BCUT2D eigenvalue weighted by Crippen LogP contribution is -2.31. The first-order chi connectivity index (χ1) is 50.5. The van der Waals surface area contributed by atoms with E-state index in [1.165, 1.54) is 272 Å². The standard InChI is InChI=1S/2C27H40S2.C25H38S2.C14H14O2S2/c1-4-7-9-10-11-12-13-14-18-27(21-22(6-3)15-8-5-2)23-16-19-28-25(23)26-24(27)17-20-29-26;1-3-5-7-9-11-12-14-16-20-27(19-15-13-10-8-6-4-2)23-17-21-28-25(23)26-24(27)18-22-29-26;1-5-9-11-19(7-3)17-25(18-20(8-4)12-10-6-2)21-13-15-26-23(21)24-22(25)14-16-27-24;1-14(6-3-11(15)16-2)9-4-7-17-12(9)13-10(14)5-8-18-13/h4,16-17,19-20,22H,1,5-15,18,21H2,2-3H3;3,17-18,21-22H,1,4-16,19-20H2,2H3;13-16,19-20H,5-12,17-18H2,1-4H3;4-5,7-8H,3,6H2,1-2H3. The summed E-state index contributed by atoms with van der Waals surface area (Å²) >= 11 is 15.4. The molecule has 4 aliphatic rings. The summed E-state index contributed by atoms with van der Waals surface area (Å²) in [7, 11) is 1.45. The zero-order chi connectivity index (χ0) is 72.9. The van der Waals surface area contributed by atoms with Crippen LogP contribution in [0.3, 0.4) is 0 Å². The van der Waals surface area contributed by atoms with E-state index in [0.29, 0.717) is 17.3 Å². The SMILES string of the molecule is C=CCCCCCCCCC1(CC(CC)CCCC)c2ccsc2-c2sccc21.C=CCCCCCCCCC1(CCCCCCCC)c2ccsc2-c2sccc21.CCCCC(CC)CC1(CC(CC)CCCC)c2ccsc2-c2sccc21.COC(=O)CCC1(C)c2ccsc2-c2sccc21. The Hall–Kier alpha value is -3.45. The van der Waals surface area contributed by atoms with Crippen LogP contribution in [-0.4, -0.2) is 13.1 Å². The van der Waals surface area contributed by atoms with Crippen molar-refractivity contribution in [2.75, 3.05) is 7.11 Å². The van der Waals surface area contributed by atoms with Gasteiger partial charge in [0.2, 0.25) is 0 Å². The summed E-state index contributed by atoms with van der Waals surface area (Å²) in [4.78, 5) is 23.7. The Labute approximate surface area is 659 Å². The second-order valence-electron chi connectivity index (χ2n) is 31.2. The van der Waals surface area contributed by atoms with E-state index in [4.69, 9.17) is 4.74 Å². The Kier molecular flexibility index (Phi) is 35.0. The number of esters is 1. The first kappa shape index (κ1) is 83.6. The van der Waals surface area contributed by atoms with Crippen molar-refractivity contribution in [3.8, 4) is 39.0 Å². The Morgan fingerprint density at radius 2 is 0.612 bits per heavy atom. The second-order valence-corrected chi connectivity index (χ2v) is 38.6. The zero-order valence-corrected chi connectivity index (χ0v) is 71.9. The van der Waals surface area contributed by atoms with E-state index >= 15 is 0 Å². The van der Waals surface area contributed by atoms with Crippen molar-refractivity contribution in [3.63, 3.8) is 0 Å². The van der Waals surface area contributed by atoms with Gasteiger partial charge in [0.15, 0.2) is 0 Å². The van der Waals surface area contributed by atoms with Crippen molar-refractivity contribution in [1.82, 2.24) is 0 Å². The molecule has 12 rings (SSSR count). The van der Waals surface area contributed by atoms with Crippen LogP contribution in [0.2, 0.25) is 0 Å². The maximum Gasteiger partial charge on any atom is 0.305 e. The fourth-order valence-corrected chi connectivity index (χ4v) is 27.2. The highest BCUT2D eigenvalue weighted by atomic mass is 32.1. The largest absolute Gasteiger partial charge is 0.469 e. The maximum atomic E-state index is 11.4. The molecule has 3 unspecified atom stereocenters. The van der Waals surface area contributed by atoms with Crippen LogP contribution in [0, 0.1) is 17.8 Å². The van der Waals surface area contributed by atoms with Crippen molar-refractivity contribution < 1.29 is 9.53 Å². The number of carbonyl (C=O) groups excluding carboxylic acids is 1. The predicted molar refractivity (Wildman–Crippen MR) is 467 cm³/mol. The molecular weight excluding hydrogens is 1410 g/mol. The van der Waals surface area contributed by atoms with E-state index in [1.807, 2.05) is 68.0 Å². The number of carbonyl (C=O) groups is 1. The second kappa shape index (κ2) is 43.1. The van der Waals surface area contributed by atoms with E-state index in [1.54, 1.807) is 85.3 Å². The molecule has 0 radical (unpaired) electrons. The van der Waals surface area contributed by atoms with Gasteiger partial charge >= 0.3 is 5.97 Å². The Morgan fingerprint density at radius 3 is 0.922 bits per heavy atom. The minimum Gasteiger partial charge on any atom is -0.469 e. The third-order valence-electron chi connectivity index (χ3n) is 24.5. The summed E-state index contributed by atoms with van der Waals surface area (Å²) in [5.41, 5.74) is 13.7. The van der Waals surface area contributed by atoms with Crippen LogP contribution in [0.5, 0.6) is 0 Å². The van der Waals surface area contributed by atoms with Gasteiger partial charge in [-0.15, -0.1) is 104 Å². The fourth-order valence-electron chi connectivity index (χ4n) is 18.5. The van der Waals surface area contributed by atoms with Gasteiger partial charge in [-0.3, -0.25) is 4.79 Å². The minimum atomic E-state index is -0.128. The molecule has 0 N–H and O–H groups in total. The van der Waals surface area contributed by atoms with Gasteiger partial charge in [-0.05, 0) is 224 Å². The lowest BCUT2D eigenvalue weighted by Gasteiger charge is -2.37. The zero-order valence-electron chi connectivity index (χ0n) is 65.4. The van der Waals surface area contributed by atoms with Gasteiger partial charge in [-0.25, -0.2) is 0 Å². The van der Waals surface area contributed by atoms with Gasteiger partial charge in [0.05, 0.1) is 7.11 Å². The molecule has 0 aromatic carbocycles. The predicted octanol–water partition coefficient (Wildman–Crippen LogP) is 33.5. The quantitative estimate of drug-likeness (QED) is 0.0216. The first-order valence-electron chi connectivity index (χ1n) is 41.4. The molecule has 103 heavy (non-hydrogen) atoms. The number of rotatable bonds is 46. The highest BCUT2D eigenvalue weighted by Gasteiger charge is 2.49. The Morgan fingerprint density at radius 1 is 0.350 bits per heavy atom. The number of ether oxygens (including phenoxy) is 1. The van der Waals surface area contributed by atoms with Crippen LogP contribution < -0.4 is 0 Å². The molecule has 8 heterocycles. The van der Waals surface area contributed by atoms with E-state index < -0.39 is 0 Å². The lowest BCUT2D eigenvalue weighted by atomic mass is 9.66. The number of allylic oxidation sites excluding steroid dienone is 2. The summed E-state index contributed by atoms with van der Waals surface area (Å²) in [6, 6.07) is 19.2. The molecule has 8 aromatic rings. The Bertz CT molecular complexity index is 3520. The molecule has 0 saturated heterocycles. The molecule has 4 aliphatic carbocycles. The number of thiophene rings is 8. The van der Waals surface area contributed by atoms with Crippen LogP contribution in [0.4, 0.5) is 0 Å². The van der Waals surface area contributed by atoms with Gasteiger partial charge in [-0.2, -0.15) is 0 Å². The third-order valence-corrected chi connectivity index (χ3v) is 32.5. The number of unbranched alkanes of at least 4 members (excludes halogenated alkanes) is 20. The summed E-state index contributed by atoms with van der Waals surface area (Å²) in [6.45, 7) is 26.5. The van der Waals surface area contributed by atoms with Gasteiger partial charge in [0, 0.05) is 67.1 Å². The molecule has 3 atom stereocenters. The van der Waals surface area contributed by atoms with Crippen LogP contribution in [0.15, 0.2) is 117 Å².